The minimum Gasteiger partial charge on any atom is -0.369 e. The molecule has 6 nitrogen and oxygen atoms in total. The van der Waals surface area contributed by atoms with Gasteiger partial charge in [-0.15, -0.1) is 0 Å². The van der Waals surface area contributed by atoms with Gasteiger partial charge in [0.1, 0.15) is 11.6 Å². The predicted molar refractivity (Wildman–Crippen MR) is 111 cm³/mol. The molecule has 140 valence electrons. The summed E-state index contributed by atoms with van der Waals surface area (Å²) in [6.07, 6.45) is 0. The van der Waals surface area contributed by atoms with E-state index in [1.807, 2.05) is 37.3 Å². The van der Waals surface area contributed by atoms with Crippen molar-refractivity contribution in [2.24, 2.45) is 0 Å². The molecule has 2 rings (SSSR count). The van der Waals surface area contributed by atoms with Gasteiger partial charge in [0.05, 0.1) is 0 Å². The molecule has 7 heteroatoms. The van der Waals surface area contributed by atoms with Crippen LogP contribution in [0.2, 0.25) is 5.02 Å². The van der Waals surface area contributed by atoms with E-state index in [-0.39, 0.29) is 0 Å². The highest BCUT2D eigenvalue weighted by Gasteiger charge is 2.05. The summed E-state index contributed by atoms with van der Waals surface area (Å²) in [4.78, 5) is 11.3. The fourth-order valence-corrected chi connectivity index (χ4v) is 2.60. The number of rotatable bonds is 10. The summed E-state index contributed by atoms with van der Waals surface area (Å²) in [6, 6.07) is 9.33. The van der Waals surface area contributed by atoms with E-state index in [4.69, 9.17) is 11.6 Å². The topological polar surface area (TPSA) is 65.1 Å². The number of halogens is 1. The average molecular weight is 375 g/mol. The molecule has 1 aromatic carbocycles. The molecule has 0 fully saturated rings. The smallest absolute Gasteiger partial charge is 0.230 e. The molecule has 0 saturated carbocycles. The minimum absolute atomic E-state index is 0.502. The monoisotopic (exact) mass is 374 g/mol. The first-order valence-electron chi connectivity index (χ1n) is 8.80. The molecule has 3 N–H and O–H groups in total. The Hall–Kier alpha value is -2.31. The molecular weight excluding hydrogens is 348 g/mol. The molecule has 26 heavy (non-hydrogen) atoms. The lowest BCUT2D eigenvalue weighted by Crippen LogP contribution is -2.28. The average Bonchev–Trinajstić information content (AvgIpc) is 2.60. The van der Waals surface area contributed by atoms with Crippen LogP contribution in [0.25, 0.3) is 0 Å². The van der Waals surface area contributed by atoms with Crippen molar-refractivity contribution >= 4 is 29.1 Å². The molecule has 0 aliphatic carbocycles. The van der Waals surface area contributed by atoms with Gasteiger partial charge in [0.2, 0.25) is 5.95 Å². The summed E-state index contributed by atoms with van der Waals surface area (Å²) in [5, 5.41) is 10.3. The lowest BCUT2D eigenvalue weighted by molar-refractivity contribution is 0.316. The van der Waals surface area contributed by atoms with E-state index in [2.05, 4.69) is 51.2 Å². The van der Waals surface area contributed by atoms with Gasteiger partial charge in [-0.1, -0.05) is 32.0 Å². The Labute approximate surface area is 160 Å². The van der Waals surface area contributed by atoms with Crippen LogP contribution in [0.1, 0.15) is 19.5 Å². The number of benzene rings is 1. The number of nitrogens with one attached hydrogen (secondary N) is 3. The van der Waals surface area contributed by atoms with E-state index < -0.39 is 0 Å². The maximum Gasteiger partial charge on any atom is 0.230 e. The molecule has 0 unspecified atom stereocenters. The molecule has 1 heterocycles. The summed E-state index contributed by atoms with van der Waals surface area (Å²) in [6.45, 7) is 14.1. The van der Waals surface area contributed by atoms with E-state index in [0.29, 0.717) is 16.8 Å². The quantitative estimate of drug-likeness (QED) is 0.579. The molecule has 0 bridgehead atoms. The Kier molecular flexibility index (Phi) is 7.69. The van der Waals surface area contributed by atoms with Crippen LogP contribution in [0.5, 0.6) is 0 Å². The number of aryl methyl sites for hydroxylation is 1. The van der Waals surface area contributed by atoms with Crippen molar-refractivity contribution in [2.75, 3.05) is 42.1 Å². The van der Waals surface area contributed by atoms with E-state index >= 15 is 0 Å². The van der Waals surface area contributed by atoms with Crippen LogP contribution in [0.4, 0.5) is 17.5 Å². The van der Waals surface area contributed by atoms with Gasteiger partial charge >= 0.3 is 0 Å². The Balaban J connectivity index is 1.93. The second-order valence-corrected chi connectivity index (χ2v) is 6.34. The van der Waals surface area contributed by atoms with Crippen molar-refractivity contribution in [3.05, 3.63) is 53.4 Å². The number of likely N-dealkylation sites (N-methyl/N-ethyl adjacent to an activating group) is 1. The van der Waals surface area contributed by atoms with Crippen LogP contribution in [-0.4, -0.2) is 41.0 Å². The molecule has 0 aliphatic heterocycles. The van der Waals surface area contributed by atoms with E-state index in [1.165, 1.54) is 0 Å². The van der Waals surface area contributed by atoms with Crippen LogP contribution in [0.3, 0.4) is 0 Å². The maximum absolute atomic E-state index is 5.90. The molecule has 2 aromatic rings. The molecule has 0 atom stereocenters. The summed E-state index contributed by atoms with van der Waals surface area (Å²) in [7, 11) is 0. The number of hydrogen-bond acceptors (Lipinski definition) is 6. The molecular formula is C19H27ClN6. The van der Waals surface area contributed by atoms with Gasteiger partial charge in [-0.25, -0.2) is 4.98 Å². The van der Waals surface area contributed by atoms with E-state index in [1.54, 1.807) is 0 Å². The standard InChI is InChI=1S/C19H27ClN6/c1-5-26(6-2)12-11-21-18-13-14(3)22-19(25-18)24-15(4)23-17-9-7-16(20)8-10-17/h7-10,13,23H,4-6,11-12H2,1-3H3,(H2,21,22,24,25). The number of anilines is 3. The van der Waals surface area contributed by atoms with Crippen molar-refractivity contribution in [2.45, 2.75) is 20.8 Å². The fourth-order valence-electron chi connectivity index (χ4n) is 2.47. The fraction of sp³-hybridized carbons (Fsp3) is 0.368. The van der Waals surface area contributed by atoms with Crippen molar-refractivity contribution in [1.29, 1.82) is 0 Å². The zero-order valence-electron chi connectivity index (χ0n) is 15.6. The van der Waals surface area contributed by atoms with Gasteiger partial charge in [-0.2, -0.15) is 4.98 Å². The van der Waals surface area contributed by atoms with E-state index in [9.17, 15) is 0 Å². The van der Waals surface area contributed by atoms with Crippen LogP contribution in [-0.2, 0) is 0 Å². The molecule has 0 radical (unpaired) electrons. The van der Waals surface area contributed by atoms with Gasteiger partial charge < -0.3 is 20.9 Å². The SMILES string of the molecule is C=C(Nc1ccc(Cl)cc1)Nc1nc(C)cc(NCCN(CC)CC)n1. The van der Waals surface area contributed by atoms with Gasteiger partial charge in [0.15, 0.2) is 0 Å². The first-order chi connectivity index (χ1) is 12.5. The van der Waals surface area contributed by atoms with Crippen LogP contribution in [0, 0.1) is 6.92 Å². The Morgan fingerprint density at radius 2 is 1.81 bits per heavy atom. The minimum atomic E-state index is 0.502. The molecule has 0 aliphatic rings. The first-order valence-corrected chi connectivity index (χ1v) is 9.18. The van der Waals surface area contributed by atoms with Crippen LogP contribution < -0.4 is 16.0 Å². The Bertz CT molecular complexity index is 712. The third-order valence-corrected chi connectivity index (χ3v) is 4.14. The normalized spacial score (nSPS) is 10.7. The molecule has 0 saturated heterocycles. The molecule has 1 aromatic heterocycles. The number of hydrogen-bond donors (Lipinski definition) is 3. The second-order valence-electron chi connectivity index (χ2n) is 5.91. The lowest BCUT2D eigenvalue weighted by atomic mass is 10.3. The highest BCUT2D eigenvalue weighted by Crippen LogP contribution is 2.16. The first kappa shape index (κ1) is 20.0. The lowest BCUT2D eigenvalue weighted by Gasteiger charge is -2.18. The summed E-state index contributed by atoms with van der Waals surface area (Å²) >= 11 is 5.90. The highest BCUT2D eigenvalue weighted by atomic mass is 35.5. The largest absolute Gasteiger partial charge is 0.369 e. The Morgan fingerprint density at radius 3 is 2.46 bits per heavy atom. The van der Waals surface area contributed by atoms with Gasteiger partial charge in [-0.3, -0.25) is 0 Å². The predicted octanol–water partition coefficient (Wildman–Crippen LogP) is 4.19. The van der Waals surface area contributed by atoms with Crippen molar-refractivity contribution in [3.63, 3.8) is 0 Å². The zero-order valence-corrected chi connectivity index (χ0v) is 16.4. The summed E-state index contributed by atoms with van der Waals surface area (Å²) < 4.78 is 0. The highest BCUT2D eigenvalue weighted by molar-refractivity contribution is 6.30. The number of nitrogens with zero attached hydrogens (tertiary/aromatic N) is 3. The van der Waals surface area contributed by atoms with Gasteiger partial charge in [0, 0.05) is 35.6 Å². The third kappa shape index (κ3) is 6.54. The zero-order chi connectivity index (χ0) is 18.9. The summed E-state index contributed by atoms with van der Waals surface area (Å²) in [5.41, 5.74) is 1.77. The Morgan fingerprint density at radius 1 is 1.12 bits per heavy atom. The summed E-state index contributed by atoms with van der Waals surface area (Å²) in [5.74, 6) is 1.89. The molecule has 0 spiro atoms. The van der Waals surface area contributed by atoms with Crippen molar-refractivity contribution < 1.29 is 0 Å². The van der Waals surface area contributed by atoms with Crippen molar-refractivity contribution in [3.8, 4) is 0 Å². The third-order valence-electron chi connectivity index (χ3n) is 3.88. The van der Waals surface area contributed by atoms with Gasteiger partial charge in [0.25, 0.3) is 0 Å². The maximum atomic E-state index is 5.90. The van der Waals surface area contributed by atoms with E-state index in [0.717, 1.165) is 43.4 Å². The molecule has 0 amide bonds. The second kappa shape index (κ2) is 9.99. The van der Waals surface area contributed by atoms with Crippen LogP contribution in [0.15, 0.2) is 42.7 Å². The number of aromatic nitrogens is 2. The van der Waals surface area contributed by atoms with Crippen LogP contribution >= 0.6 is 11.6 Å². The van der Waals surface area contributed by atoms with Gasteiger partial charge in [-0.05, 0) is 44.3 Å². The van der Waals surface area contributed by atoms with Crippen molar-refractivity contribution in [1.82, 2.24) is 14.9 Å².